The van der Waals surface area contributed by atoms with Gasteiger partial charge >= 0.3 is 5.97 Å². The van der Waals surface area contributed by atoms with Gasteiger partial charge in [0.05, 0.1) is 18.7 Å². The maximum Gasteiger partial charge on any atom is 0.304 e. The van der Waals surface area contributed by atoms with Crippen LogP contribution in [0.3, 0.4) is 0 Å². The lowest BCUT2D eigenvalue weighted by atomic mass is 10.2. The summed E-state index contributed by atoms with van der Waals surface area (Å²) < 4.78 is 13.1. The molecule has 2 heterocycles. The van der Waals surface area contributed by atoms with Gasteiger partial charge in [0, 0.05) is 37.3 Å². The first kappa shape index (κ1) is 20.9. The smallest absolute Gasteiger partial charge is 0.304 e. The number of thioether (sulfide) groups is 1. The second-order valence-corrected chi connectivity index (χ2v) is 7.56. The van der Waals surface area contributed by atoms with Crippen LogP contribution in [0.2, 0.25) is 0 Å². The van der Waals surface area contributed by atoms with Gasteiger partial charge in [0.15, 0.2) is 6.29 Å². The van der Waals surface area contributed by atoms with Crippen molar-refractivity contribution in [3.8, 4) is 0 Å². The van der Waals surface area contributed by atoms with Crippen molar-refractivity contribution in [3.05, 3.63) is 23.5 Å². The molecule has 0 bridgehead atoms. The first-order chi connectivity index (χ1) is 12.6. The van der Waals surface area contributed by atoms with Crippen molar-refractivity contribution in [2.45, 2.75) is 58.3 Å². The number of aryl methyl sites for hydroxylation is 1. The number of hydrogen-bond acceptors (Lipinski definition) is 6. The van der Waals surface area contributed by atoms with E-state index in [4.69, 9.17) is 14.6 Å². The maximum absolute atomic E-state index is 10.4. The van der Waals surface area contributed by atoms with E-state index in [1.165, 1.54) is 12.0 Å². The average molecular weight is 384 g/mol. The zero-order valence-corrected chi connectivity index (χ0v) is 16.2. The molecule has 0 radical (unpaired) electrons. The molecule has 8 heteroatoms. The quantitative estimate of drug-likeness (QED) is 0.439. The Bertz CT molecular complexity index is 571. The third-order valence-electron chi connectivity index (χ3n) is 4.13. The number of aromatic nitrogens is 3. The van der Waals surface area contributed by atoms with Crippen molar-refractivity contribution in [2.75, 3.05) is 24.7 Å². The Morgan fingerprint density at radius 2 is 2.38 bits per heavy atom. The van der Waals surface area contributed by atoms with Crippen LogP contribution in [-0.2, 0) is 27.2 Å². The van der Waals surface area contributed by atoms with Crippen molar-refractivity contribution >= 4 is 17.7 Å². The van der Waals surface area contributed by atoms with E-state index in [1.54, 1.807) is 11.8 Å². The minimum atomic E-state index is -0.739. The molecule has 1 N–H and O–H groups in total. The highest BCUT2D eigenvalue weighted by molar-refractivity contribution is 7.99. The number of carbonyl (C=O) groups is 1. The van der Waals surface area contributed by atoms with Crippen molar-refractivity contribution in [1.29, 1.82) is 0 Å². The SMILES string of the molecule is C/C(=C\CSCCC(=O)O)CCn1cc(CCOC2CCCCO2)nn1. The summed E-state index contributed by atoms with van der Waals surface area (Å²) in [6, 6.07) is 0. The largest absolute Gasteiger partial charge is 0.481 e. The zero-order valence-electron chi connectivity index (χ0n) is 15.4. The molecule has 0 aliphatic carbocycles. The lowest BCUT2D eigenvalue weighted by molar-refractivity contribution is -0.161. The second-order valence-electron chi connectivity index (χ2n) is 6.41. The number of ether oxygens (including phenoxy) is 2. The van der Waals surface area contributed by atoms with Gasteiger partial charge in [0.25, 0.3) is 0 Å². The van der Waals surface area contributed by atoms with E-state index in [0.717, 1.165) is 50.3 Å². The predicted molar refractivity (Wildman–Crippen MR) is 101 cm³/mol. The first-order valence-electron chi connectivity index (χ1n) is 9.21. The molecule has 1 unspecified atom stereocenters. The number of carboxylic acids is 1. The average Bonchev–Trinajstić information content (AvgIpc) is 3.08. The van der Waals surface area contributed by atoms with E-state index in [2.05, 4.69) is 23.3 Å². The van der Waals surface area contributed by atoms with Crippen LogP contribution in [0.5, 0.6) is 0 Å². The van der Waals surface area contributed by atoms with Gasteiger partial charge in [0.2, 0.25) is 0 Å². The van der Waals surface area contributed by atoms with Gasteiger partial charge in [-0.05, 0) is 32.6 Å². The molecule has 1 aromatic rings. The summed E-state index contributed by atoms with van der Waals surface area (Å²) in [5, 5.41) is 17.0. The van der Waals surface area contributed by atoms with Crippen LogP contribution in [0, 0.1) is 0 Å². The van der Waals surface area contributed by atoms with E-state index in [-0.39, 0.29) is 12.7 Å². The summed E-state index contributed by atoms with van der Waals surface area (Å²) >= 11 is 1.64. The van der Waals surface area contributed by atoms with Crippen molar-refractivity contribution in [3.63, 3.8) is 0 Å². The van der Waals surface area contributed by atoms with Crippen molar-refractivity contribution in [1.82, 2.24) is 15.0 Å². The molecule has 26 heavy (non-hydrogen) atoms. The number of rotatable bonds is 12. The molecular formula is C18H29N3O4S. The van der Waals surface area contributed by atoms with Crippen LogP contribution in [0.4, 0.5) is 0 Å². The minimum Gasteiger partial charge on any atom is -0.481 e. The van der Waals surface area contributed by atoms with Gasteiger partial charge < -0.3 is 14.6 Å². The van der Waals surface area contributed by atoms with Crippen molar-refractivity contribution < 1.29 is 19.4 Å². The summed E-state index contributed by atoms with van der Waals surface area (Å²) in [7, 11) is 0. The molecule has 0 amide bonds. The lowest BCUT2D eigenvalue weighted by Crippen LogP contribution is -2.23. The third-order valence-corrected chi connectivity index (χ3v) is 5.03. The van der Waals surface area contributed by atoms with Crippen LogP contribution in [0.15, 0.2) is 17.8 Å². The van der Waals surface area contributed by atoms with E-state index < -0.39 is 5.97 Å². The van der Waals surface area contributed by atoms with Gasteiger partial charge in [-0.1, -0.05) is 16.9 Å². The number of hydrogen-bond donors (Lipinski definition) is 1. The molecule has 1 aliphatic rings. The number of aliphatic carboxylic acids is 1. The van der Waals surface area contributed by atoms with Gasteiger partial charge in [-0.15, -0.1) is 5.10 Å². The van der Waals surface area contributed by atoms with Gasteiger partial charge in [-0.2, -0.15) is 11.8 Å². The van der Waals surface area contributed by atoms with E-state index in [1.807, 2.05) is 10.9 Å². The van der Waals surface area contributed by atoms with E-state index in [9.17, 15) is 4.79 Å². The van der Waals surface area contributed by atoms with Gasteiger partial charge in [-0.25, -0.2) is 0 Å². The fourth-order valence-electron chi connectivity index (χ4n) is 2.54. The van der Waals surface area contributed by atoms with Crippen LogP contribution < -0.4 is 0 Å². The Morgan fingerprint density at radius 3 is 3.15 bits per heavy atom. The summed E-state index contributed by atoms with van der Waals surface area (Å²) in [5.74, 6) is 0.763. The lowest BCUT2D eigenvalue weighted by Gasteiger charge is -2.22. The highest BCUT2D eigenvalue weighted by Gasteiger charge is 2.13. The molecule has 146 valence electrons. The Labute approximate surface area is 159 Å². The molecule has 0 saturated carbocycles. The summed E-state index contributed by atoms with van der Waals surface area (Å²) in [6.07, 6.45) is 9.23. The summed E-state index contributed by atoms with van der Waals surface area (Å²) in [5.41, 5.74) is 2.22. The fraction of sp³-hybridized carbons (Fsp3) is 0.722. The van der Waals surface area contributed by atoms with Crippen LogP contribution >= 0.6 is 11.8 Å². The second kappa shape index (κ2) is 12.1. The predicted octanol–water partition coefficient (Wildman–Crippen LogP) is 2.91. The molecule has 1 aliphatic heterocycles. The van der Waals surface area contributed by atoms with Crippen LogP contribution in [0.1, 0.15) is 44.7 Å². The highest BCUT2D eigenvalue weighted by atomic mass is 32.2. The van der Waals surface area contributed by atoms with E-state index in [0.29, 0.717) is 12.4 Å². The van der Waals surface area contributed by atoms with Crippen molar-refractivity contribution in [2.24, 2.45) is 0 Å². The molecule has 1 fully saturated rings. The Hall–Kier alpha value is -1.38. The monoisotopic (exact) mass is 383 g/mol. The maximum atomic E-state index is 10.4. The Kier molecular flexibility index (Phi) is 9.73. The summed E-state index contributed by atoms with van der Waals surface area (Å²) in [6.45, 7) is 4.29. The molecule has 0 aromatic carbocycles. The summed E-state index contributed by atoms with van der Waals surface area (Å²) in [4.78, 5) is 10.4. The van der Waals surface area contributed by atoms with E-state index >= 15 is 0 Å². The molecule has 2 rings (SSSR count). The zero-order chi connectivity index (χ0) is 18.6. The molecule has 7 nitrogen and oxygen atoms in total. The number of nitrogens with zero attached hydrogens (tertiary/aromatic N) is 3. The first-order valence-corrected chi connectivity index (χ1v) is 10.4. The molecule has 1 atom stereocenters. The standard InChI is InChI=1S/C18H29N3O4S/c1-15(7-12-26-13-8-17(22)23)5-9-21-14-16(19-20-21)6-11-25-18-4-2-3-10-24-18/h7,14,18H,2-6,8-13H2,1H3,(H,22,23)/b15-7+. The molecule has 1 saturated heterocycles. The number of allylic oxidation sites excluding steroid dienone is 1. The molecule has 0 spiro atoms. The third kappa shape index (κ3) is 8.82. The van der Waals surface area contributed by atoms with Crippen LogP contribution in [-0.4, -0.2) is 57.1 Å². The highest BCUT2D eigenvalue weighted by Crippen LogP contribution is 2.14. The van der Waals surface area contributed by atoms with Gasteiger partial charge in [0.1, 0.15) is 0 Å². The number of carboxylic acid groups (broad SMARTS) is 1. The molecular weight excluding hydrogens is 354 g/mol. The van der Waals surface area contributed by atoms with Gasteiger partial charge in [-0.3, -0.25) is 9.48 Å². The van der Waals surface area contributed by atoms with Crippen LogP contribution in [0.25, 0.3) is 0 Å². The Balaban J connectivity index is 1.59. The molecule has 1 aromatic heterocycles. The topological polar surface area (TPSA) is 86.5 Å². The normalized spacial score (nSPS) is 18.2. The fourth-order valence-corrected chi connectivity index (χ4v) is 3.42. The Morgan fingerprint density at radius 1 is 1.50 bits per heavy atom. The minimum absolute atomic E-state index is 0.0556.